The number of amides is 3. The van der Waals surface area contributed by atoms with Crippen molar-refractivity contribution in [3.05, 3.63) is 120 Å². The first-order chi connectivity index (χ1) is 15.7. The summed E-state index contributed by atoms with van der Waals surface area (Å²) in [4.78, 5) is 29.8. The first kappa shape index (κ1) is 19.8. The molecule has 0 bridgehead atoms. The van der Waals surface area contributed by atoms with Crippen LogP contribution >= 0.6 is 0 Å². The third-order valence-electron chi connectivity index (χ3n) is 5.60. The van der Waals surface area contributed by atoms with Crippen molar-refractivity contribution in [3.8, 4) is 5.69 Å². The van der Waals surface area contributed by atoms with E-state index >= 15 is 0 Å². The minimum absolute atomic E-state index is 0.180. The second kappa shape index (κ2) is 8.51. The molecule has 0 saturated carbocycles. The molecule has 4 aromatic rings. The topological polar surface area (TPSA) is 58.4 Å². The number of aromatic nitrogens is 2. The predicted molar refractivity (Wildman–Crippen MR) is 121 cm³/mol. The van der Waals surface area contributed by atoms with E-state index in [0.29, 0.717) is 6.54 Å². The summed E-state index contributed by atoms with van der Waals surface area (Å²) in [7, 11) is 0. The summed E-state index contributed by atoms with van der Waals surface area (Å²) in [6, 6.07) is 28.0. The van der Waals surface area contributed by atoms with Crippen molar-refractivity contribution in [1.29, 1.82) is 0 Å². The van der Waals surface area contributed by atoms with E-state index in [1.807, 2.05) is 97.2 Å². The Bertz CT molecular complexity index is 1220. The van der Waals surface area contributed by atoms with Crippen LogP contribution in [0.2, 0.25) is 0 Å². The molecular weight excluding hydrogens is 400 g/mol. The molecule has 1 saturated heterocycles. The third kappa shape index (κ3) is 3.78. The van der Waals surface area contributed by atoms with E-state index in [0.717, 1.165) is 22.4 Å². The maximum absolute atomic E-state index is 13.4. The quantitative estimate of drug-likeness (QED) is 0.428. The first-order valence-corrected chi connectivity index (χ1v) is 10.5. The van der Waals surface area contributed by atoms with Crippen molar-refractivity contribution in [3.63, 3.8) is 0 Å². The maximum Gasteiger partial charge on any atom is 0.328 e. The van der Waals surface area contributed by atoms with Crippen LogP contribution in [0.1, 0.15) is 22.7 Å². The second-order valence-corrected chi connectivity index (χ2v) is 7.76. The van der Waals surface area contributed by atoms with Crippen LogP contribution in [-0.2, 0) is 17.9 Å². The van der Waals surface area contributed by atoms with Gasteiger partial charge in [0, 0.05) is 18.3 Å². The molecule has 5 rings (SSSR count). The number of nitrogens with zero attached hydrogens (tertiary/aromatic N) is 4. The van der Waals surface area contributed by atoms with Crippen molar-refractivity contribution >= 4 is 11.9 Å². The number of imide groups is 1. The maximum atomic E-state index is 13.4. The van der Waals surface area contributed by atoms with Crippen LogP contribution in [0.3, 0.4) is 0 Å². The molecule has 1 unspecified atom stereocenters. The summed E-state index contributed by atoms with van der Waals surface area (Å²) >= 11 is 0. The number of para-hydroxylation sites is 1. The van der Waals surface area contributed by atoms with Gasteiger partial charge in [0.05, 0.1) is 18.4 Å². The SMILES string of the molecule is O=C1C(c2ccccc2)N(Cc2ccccc2)C(=O)N1Cc1cnn(-c2ccccc2)c1. The monoisotopic (exact) mass is 422 g/mol. The molecule has 2 heterocycles. The van der Waals surface area contributed by atoms with Gasteiger partial charge in [-0.15, -0.1) is 0 Å². The molecule has 1 aliphatic rings. The van der Waals surface area contributed by atoms with E-state index in [4.69, 9.17) is 0 Å². The molecule has 6 heteroatoms. The normalized spacial score (nSPS) is 16.1. The van der Waals surface area contributed by atoms with Gasteiger partial charge in [-0.25, -0.2) is 9.48 Å². The van der Waals surface area contributed by atoms with E-state index in [2.05, 4.69) is 5.10 Å². The zero-order valence-corrected chi connectivity index (χ0v) is 17.4. The Morgan fingerprint density at radius 2 is 1.34 bits per heavy atom. The van der Waals surface area contributed by atoms with Gasteiger partial charge in [0.15, 0.2) is 0 Å². The van der Waals surface area contributed by atoms with Gasteiger partial charge in [-0.05, 0) is 23.3 Å². The summed E-state index contributed by atoms with van der Waals surface area (Å²) in [6.45, 7) is 0.546. The molecule has 0 aliphatic carbocycles. The highest BCUT2D eigenvalue weighted by Gasteiger charge is 2.45. The Balaban J connectivity index is 1.43. The Kier molecular flexibility index (Phi) is 5.25. The van der Waals surface area contributed by atoms with Gasteiger partial charge >= 0.3 is 6.03 Å². The Hall–Kier alpha value is -4.19. The van der Waals surface area contributed by atoms with Crippen LogP contribution in [-0.4, -0.2) is 31.5 Å². The number of carbonyl (C=O) groups is 2. The van der Waals surface area contributed by atoms with Gasteiger partial charge in [-0.1, -0.05) is 78.9 Å². The van der Waals surface area contributed by atoms with Crippen molar-refractivity contribution < 1.29 is 9.59 Å². The van der Waals surface area contributed by atoms with Gasteiger partial charge in [0.25, 0.3) is 5.91 Å². The largest absolute Gasteiger partial charge is 0.328 e. The fourth-order valence-corrected chi connectivity index (χ4v) is 4.03. The summed E-state index contributed by atoms with van der Waals surface area (Å²) in [5.74, 6) is -0.218. The van der Waals surface area contributed by atoms with Crippen molar-refractivity contribution in [2.24, 2.45) is 0 Å². The van der Waals surface area contributed by atoms with Gasteiger partial charge in [0.1, 0.15) is 6.04 Å². The van der Waals surface area contributed by atoms with Crippen LogP contribution in [0.4, 0.5) is 4.79 Å². The molecule has 3 aromatic carbocycles. The number of hydrogen-bond acceptors (Lipinski definition) is 3. The van der Waals surface area contributed by atoms with Crippen LogP contribution in [0.15, 0.2) is 103 Å². The van der Waals surface area contributed by atoms with Gasteiger partial charge < -0.3 is 4.90 Å². The molecule has 1 aliphatic heterocycles. The number of carbonyl (C=O) groups excluding carboxylic acids is 2. The van der Waals surface area contributed by atoms with Gasteiger partial charge in [-0.3, -0.25) is 9.69 Å². The van der Waals surface area contributed by atoms with Crippen LogP contribution in [0, 0.1) is 0 Å². The average Bonchev–Trinajstić information content (AvgIpc) is 3.40. The molecule has 158 valence electrons. The Labute approximate surface area is 186 Å². The van der Waals surface area contributed by atoms with E-state index in [-0.39, 0.29) is 18.5 Å². The predicted octanol–water partition coefficient (Wildman–Crippen LogP) is 4.58. The molecule has 1 fully saturated rings. The molecule has 3 amide bonds. The molecule has 6 nitrogen and oxygen atoms in total. The second-order valence-electron chi connectivity index (χ2n) is 7.76. The fraction of sp³-hybridized carbons (Fsp3) is 0.115. The Morgan fingerprint density at radius 1 is 0.719 bits per heavy atom. The molecule has 1 atom stereocenters. The molecule has 1 aromatic heterocycles. The summed E-state index contributed by atoms with van der Waals surface area (Å²) in [6.07, 6.45) is 3.55. The van der Waals surface area contributed by atoms with E-state index in [1.165, 1.54) is 4.90 Å². The van der Waals surface area contributed by atoms with Crippen LogP contribution in [0.25, 0.3) is 5.69 Å². The zero-order chi connectivity index (χ0) is 21.9. The summed E-state index contributed by atoms with van der Waals surface area (Å²) in [5.41, 5.74) is 3.51. The van der Waals surface area contributed by atoms with Crippen LogP contribution in [0.5, 0.6) is 0 Å². The highest BCUT2D eigenvalue weighted by atomic mass is 16.2. The molecule has 32 heavy (non-hydrogen) atoms. The van der Waals surface area contributed by atoms with Crippen molar-refractivity contribution in [1.82, 2.24) is 19.6 Å². The molecule has 0 spiro atoms. The lowest BCUT2D eigenvalue weighted by Gasteiger charge is -2.22. The summed E-state index contributed by atoms with van der Waals surface area (Å²) in [5, 5.41) is 4.40. The first-order valence-electron chi connectivity index (χ1n) is 10.5. The number of hydrogen-bond donors (Lipinski definition) is 0. The summed E-state index contributed by atoms with van der Waals surface area (Å²) < 4.78 is 1.75. The lowest BCUT2D eigenvalue weighted by Crippen LogP contribution is -2.32. The highest BCUT2D eigenvalue weighted by Crippen LogP contribution is 2.33. The average molecular weight is 422 g/mol. The number of benzene rings is 3. The molecule has 0 radical (unpaired) electrons. The Morgan fingerprint density at radius 3 is 2.03 bits per heavy atom. The highest BCUT2D eigenvalue weighted by molar-refractivity contribution is 6.04. The van der Waals surface area contributed by atoms with Gasteiger partial charge in [0.2, 0.25) is 0 Å². The zero-order valence-electron chi connectivity index (χ0n) is 17.4. The van der Waals surface area contributed by atoms with Crippen molar-refractivity contribution in [2.75, 3.05) is 0 Å². The van der Waals surface area contributed by atoms with E-state index in [9.17, 15) is 9.59 Å². The smallest absolute Gasteiger partial charge is 0.304 e. The van der Waals surface area contributed by atoms with E-state index < -0.39 is 6.04 Å². The molecule has 0 N–H and O–H groups in total. The third-order valence-corrected chi connectivity index (χ3v) is 5.60. The van der Waals surface area contributed by atoms with Gasteiger partial charge in [-0.2, -0.15) is 5.10 Å². The lowest BCUT2D eigenvalue weighted by atomic mass is 10.1. The lowest BCUT2D eigenvalue weighted by molar-refractivity contribution is -0.128. The number of urea groups is 1. The van der Waals surface area contributed by atoms with E-state index in [1.54, 1.807) is 15.8 Å². The molecular formula is C26H22N4O2. The van der Waals surface area contributed by atoms with Crippen molar-refractivity contribution in [2.45, 2.75) is 19.1 Å². The minimum atomic E-state index is -0.645. The standard InChI is InChI=1S/C26H22N4O2/c31-25-24(22-12-6-2-7-13-22)28(17-20-10-4-1-5-11-20)26(32)29(25)18-21-16-27-30(19-21)23-14-8-3-9-15-23/h1-16,19,24H,17-18H2. The number of rotatable bonds is 6. The van der Waals surface area contributed by atoms with Crippen LogP contribution < -0.4 is 0 Å². The minimum Gasteiger partial charge on any atom is -0.304 e. The fourth-order valence-electron chi connectivity index (χ4n) is 4.03.